The highest BCUT2D eigenvalue weighted by atomic mass is 31.2. The third-order valence-electron chi connectivity index (χ3n) is 3.43. The Morgan fingerprint density at radius 2 is 2.09 bits per heavy atom. The van der Waals surface area contributed by atoms with Crippen molar-refractivity contribution in [3.8, 4) is 11.6 Å². The van der Waals surface area contributed by atoms with E-state index in [2.05, 4.69) is 9.56 Å². The van der Waals surface area contributed by atoms with Gasteiger partial charge in [0.2, 0.25) is 0 Å². The Hall–Kier alpha value is -1.72. The molecule has 13 heteroatoms. The SMILES string of the molecule is O=c1c2c3n(c(=O)n1F)[C@H]1C[C@H](O)[C@@H](COOP(=O)(O2)O3)O1. The summed E-state index contributed by atoms with van der Waals surface area (Å²) in [6, 6.07) is 0. The highest BCUT2D eigenvalue weighted by molar-refractivity contribution is 7.49. The predicted molar refractivity (Wildman–Crippen MR) is 61.9 cm³/mol. The van der Waals surface area contributed by atoms with Gasteiger partial charge >= 0.3 is 19.1 Å². The summed E-state index contributed by atoms with van der Waals surface area (Å²) < 4.78 is 45.9. The van der Waals surface area contributed by atoms with Crippen molar-refractivity contribution in [1.29, 1.82) is 0 Å². The van der Waals surface area contributed by atoms with Crippen LogP contribution in [0.5, 0.6) is 11.6 Å². The molecule has 3 aliphatic heterocycles. The molecule has 0 aromatic carbocycles. The third-order valence-corrected chi connectivity index (χ3v) is 4.52. The summed E-state index contributed by atoms with van der Waals surface area (Å²) in [7, 11) is -4.39. The van der Waals surface area contributed by atoms with Gasteiger partial charge in [-0.3, -0.25) is 4.79 Å². The molecule has 0 saturated carbocycles. The molecular formula is C9H8FN2O9P. The number of aliphatic hydroxyl groups excluding tert-OH is 1. The van der Waals surface area contributed by atoms with Gasteiger partial charge in [-0.15, -0.1) is 4.67 Å². The van der Waals surface area contributed by atoms with E-state index in [1.807, 2.05) is 0 Å². The van der Waals surface area contributed by atoms with E-state index >= 15 is 0 Å². The Labute approximate surface area is 119 Å². The van der Waals surface area contributed by atoms with Crippen LogP contribution in [0, 0.1) is 0 Å². The number of halogens is 1. The molecular weight excluding hydrogens is 330 g/mol. The molecule has 1 unspecified atom stereocenters. The molecule has 1 aromatic rings. The van der Waals surface area contributed by atoms with Crippen molar-refractivity contribution in [3.05, 3.63) is 20.8 Å². The number of fused-ring (bicyclic) bond motifs is 4. The summed E-state index contributed by atoms with van der Waals surface area (Å²) in [5.41, 5.74) is -2.91. The van der Waals surface area contributed by atoms with E-state index in [0.717, 1.165) is 0 Å². The average molecular weight is 338 g/mol. The van der Waals surface area contributed by atoms with Gasteiger partial charge in [-0.1, -0.05) is 9.27 Å². The lowest BCUT2D eigenvalue weighted by molar-refractivity contribution is -0.244. The maximum Gasteiger partial charge on any atom is 0.617 e. The van der Waals surface area contributed by atoms with E-state index in [9.17, 15) is 23.7 Å². The summed E-state index contributed by atoms with van der Waals surface area (Å²) in [6.45, 7) is -0.339. The highest BCUT2D eigenvalue weighted by Gasteiger charge is 2.49. The van der Waals surface area contributed by atoms with Gasteiger partial charge in [0.05, 0.1) is 6.10 Å². The minimum atomic E-state index is -4.39. The fraction of sp³-hybridized carbons (Fsp3) is 0.556. The molecule has 11 nitrogen and oxygen atoms in total. The molecule has 0 radical (unpaired) electrons. The summed E-state index contributed by atoms with van der Waals surface area (Å²) in [5.74, 6) is -1.41. The average Bonchev–Trinajstić information content (AvgIpc) is 2.98. The molecule has 1 N–H and O–H groups in total. The molecule has 3 aliphatic rings. The second kappa shape index (κ2) is 4.40. The lowest BCUT2D eigenvalue weighted by Gasteiger charge is -2.18. The molecule has 4 heterocycles. The minimum absolute atomic E-state index is 0.105. The molecule has 1 fully saturated rings. The fourth-order valence-electron chi connectivity index (χ4n) is 2.43. The van der Waals surface area contributed by atoms with E-state index in [1.54, 1.807) is 0 Å². The first-order valence-corrected chi connectivity index (χ1v) is 7.57. The molecule has 120 valence electrons. The van der Waals surface area contributed by atoms with Crippen LogP contribution in [0.3, 0.4) is 0 Å². The first-order valence-electron chi connectivity index (χ1n) is 6.11. The van der Waals surface area contributed by atoms with Crippen LogP contribution < -0.4 is 20.3 Å². The number of hydrogen-bond acceptors (Lipinski definition) is 9. The van der Waals surface area contributed by atoms with E-state index in [1.165, 1.54) is 0 Å². The normalized spacial score (nSPS) is 35.8. The van der Waals surface area contributed by atoms with Gasteiger partial charge in [0, 0.05) is 6.42 Å². The first-order chi connectivity index (χ1) is 10.4. The number of ether oxygens (including phenoxy) is 1. The van der Waals surface area contributed by atoms with Crippen LogP contribution in [-0.2, 0) is 18.9 Å². The van der Waals surface area contributed by atoms with E-state index in [0.29, 0.717) is 4.57 Å². The Bertz CT molecular complexity index is 819. The second-order valence-corrected chi connectivity index (χ2v) is 6.20. The van der Waals surface area contributed by atoms with Gasteiger partial charge in [0.15, 0.2) is 0 Å². The smallest absolute Gasteiger partial charge is 0.390 e. The van der Waals surface area contributed by atoms with Gasteiger partial charge < -0.3 is 18.9 Å². The van der Waals surface area contributed by atoms with E-state index < -0.39 is 53.9 Å². The monoisotopic (exact) mass is 338 g/mol. The number of nitrogens with zero attached hydrogens (tertiary/aromatic N) is 2. The van der Waals surface area contributed by atoms with Gasteiger partial charge in [-0.25, -0.2) is 18.8 Å². The zero-order valence-electron chi connectivity index (χ0n) is 10.6. The largest absolute Gasteiger partial charge is 0.617 e. The first kappa shape index (κ1) is 13.9. The molecule has 1 aromatic heterocycles. The number of aromatic nitrogens is 2. The van der Waals surface area contributed by atoms with Gasteiger partial charge in [0.25, 0.3) is 11.6 Å². The summed E-state index contributed by atoms with van der Waals surface area (Å²) >= 11 is 0. The van der Waals surface area contributed by atoms with Crippen molar-refractivity contribution in [2.75, 3.05) is 6.61 Å². The van der Waals surface area contributed by atoms with Gasteiger partial charge in [0.1, 0.15) is 18.9 Å². The van der Waals surface area contributed by atoms with Gasteiger partial charge in [-0.2, -0.15) is 0 Å². The topological polar surface area (TPSA) is 127 Å². The summed E-state index contributed by atoms with van der Waals surface area (Å²) in [5, 5.41) is 9.84. The van der Waals surface area contributed by atoms with Crippen LogP contribution in [0.25, 0.3) is 0 Å². The summed E-state index contributed by atoms with van der Waals surface area (Å²) in [6.07, 6.45) is -3.21. The van der Waals surface area contributed by atoms with Crippen molar-refractivity contribution in [2.24, 2.45) is 0 Å². The number of phosphoric ester groups is 1. The Balaban J connectivity index is 1.99. The van der Waals surface area contributed by atoms with Crippen LogP contribution in [0.1, 0.15) is 12.6 Å². The van der Waals surface area contributed by atoms with Crippen molar-refractivity contribution in [3.63, 3.8) is 0 Å². The van der Waals surface area contributed by atoms with Crippen molar-refractivity contribution in [2.45, 2.75) is 24.9 Å². The van der Waals surface area contributed by atoms with Crippen molar-refractivity contribution < 1.29 is 37.5 Å². The maximum absolute atomic E-state index is 13.7. The highest BCUT2D eigenvalue weighted by Crippen LogP contribution is 2.58. The Morgan fingerprint density at radius 3 is 2.86 bits per heavy atom. The molecule has 1 saturated heterocycles. The van der Waals surface area contributed by atoms with E-state index in [-0.39, 0.29) is 13.0 Å². The molecule has 4 bridgehead atoms. The Kier molecular flexibility index (Phi) is 2.78. The van der Waals surface area contributed by atoms with Crippen LogP contribution in [-0.4, -0.2) is 33.3 Å². The summed E-state index contributed by atoms with van der Waals surface area (Å²) in [4.78, 5) is 27.5. The predicted octanol–water partition coefficient (Wildman–Crippen LogP) is -0.768. The number of hydrogen-bond donors (Lipinski definition) is 1. The second-order valence-electron chi connectivity index (χ2n) is 4.79. The van der Waals surface area contributed by atoms with Crippen LogP contribution in [0.2, 0.25) is 0 Å². The lowest BCUT2D eigenvalue weighted by atomic mass is 10.2. The van der Waals surface area contributed by atoms with Crippen molar-refractivity contribution in [1.82, 2.24) is 9.36 Å². The minimum Gasteiger partial charge on any atom is -0.390 e. The van der Waals surface area contributed by atoms with Crippen molar-refractivity contribution >= 4 is 7.82 Å². The fourth-order valence-corrected chi connectivity index (χ4v) is 3.48. The molecule has 4 atom stereocenters. The maximum atomic E-state index is 13.7. The van der Waals surface area contributed by atoms with Gasteiger partial charge in [-0.05, 0) is 0 Å². The number of aliphatic hydroxyl groups is 1. The standard InChI is InChI=1S/C9H8FN2O9P/c10-12-7(14)6-8-11(9(12)15)5-1-3(13)4(18-5)2-17-21-22(16,19-6)20-8/h3-5,13H,1-2H2/t3-,4+,5+,22?/m0/s1. The molecule has 4 rings (SSSR count). The lowest BCUT2D eigenvalue weighted by Crippen LogP contribution is -2.38. The molecule has 0 amide bonds. The number of phosphoric acid groups is 1. The van der Waals surface area contributed by atoms with Crippen LogP contribution >= 0.6 is 7.82 Å². The molecule has 0 spiro atoms. The van der Waals surface area contributed by atoms with Crippen LogP contribution in [0.15, 0.2) is 9.59 Å². The zero-order chi connectivity index (χ0) is 15.6. The molecule has 0 aliphatic carbocycles. The molecule has 22 heavy (non-hydrogen) atoms. The quantitative estimate of drug-likeness (QED) is 0.479. The number of rotatable bonds is 0. The van der Waals surface area contributed by atoms with E-state index in [4.69, 9.17) is 13.8 Å². The Morgan fingerprint density at radius 1 is 1.32 bits per heavy atom. The zero-order valence-corrected chi connectivity index (χ0v) is 11.5. The third kappa shape index (κ3) is 1.79. The van der Waals surface area contributed by atoms with Crippen LogP contribution in [0.4, 0.5) is 4.48 Å².